The highest BCUT2D eigenvalue weighted by Crippen LogP contribution is 2.45. The summed E-state index contributed by atoms with van der Waals surface area (Å²) in [5, 5.41) is 20.7. The summed E-state index contributed by atoms with van der Waals surface area (Å²) in [6.45, 7) is 2.59. The summed E-state index contributed by atoms with van der Waals surface area (Å²) < 4.78 is 61.2. The van der Waals surface area contributed by atoms with E-state index in [-0.39, 0.29) is 19.3 Å². The van der Waals surface area contributed by atoms with Crippen LogP contribution < -0.4 is 0 Å². The highest BCUT2D eigenvalue weighted by Gasteiger charge is 2.29. The van der Waals surface area contributed by atoms with Crippen molar-refractivity contribution in [3.05, 3.63) is 109 Å². The summed E-state index contributed by atoms with van der Waals surface area (Å²) in [5.74, 6) is -1.56. The molecule has 0 spiro atoms. The summed E-state index contributed by atoms with van der Waals surface area (Å²) in [6.07, 6.45) is 100. The summed E-state index contributed by atoms with van der Waals surface area (Å²) in [4.78, 5) is 58.7. The first-order chi connectivity index (χ1) is 53.2. The Labute approximate surface area is 666 Å². The normalized spacial score (nSPS) is 14.4. The first-order valence-corrected chi connectivity index (χ1v) is 47.2. The van der Waals surface area contributed by atoms with Gasteiger partial charge >= 0.3 is 33.6 Å². The SMILES string of the molecule is CC/C=C\C/C=C\C/C=C\C/C=C\C/C=C\CCCCCCCCCCCCCCCCCCCC(=O)OCC(O)COP(=O)(O)OCC(O)COP(=O)(O)OCC(COC(=O)CCCCCCCCCCCCCCC/C=C\C/C=C\C/C=C\C/C=C\CCCCC)OC(=O)CCCCCCCCCCCCC. The van der Waals surface area contributed by atoms with E-state index in [1.54, 1.807) is 0 Å². The Balaban J connectivity index is 4.34. The topological polar surface area (TPSA) is 231 Å². The maximum atomic E-state index is 13.0. The van der Waals surface area contributed by atoms with Crippen molar-refractivity contribution in [2.45, 2.75) is 411 Å². The second-order valence-electron chi connectivity index (χ2n) is 29.7. The fourth-order valence-corrected chi connectivity index (χ4v) is 13.9. The fourth-order valence-electron chi connectivity index (χ4n) is 12.3. The molecule has 0 rings (SSSR count). The summed E-state index contributed by atoms with van der Waals surface area (Å²) in [7, 11) is -9.78. The molecular weight excluding hydrogens is 1410 g/mol. The van der Waals surface area contributed by atoms with Gasteiger partial charge in [-0.3, -0.25) is 32.5 Å². The molecule has 0 aliphatic heterocycles. The highest BCUT2D eigenvalue weighted by molar-refractivity contribution is 7.47. The Kier molecular flexibility index (Phi) is 80.7. The van der Waals surface area contributed by atoms with E-state index in [0.29, 0.717) is 19.3 Å². The van der Waals surface area contributed by atoms with E-state index in [9.17, 15) is 43.5 Å². The van der Waals surface area contributed by atoms with Crippen molar-refractivity contribution in [3.63, 3.8) is 0 Å². The van der Waals surface area contributed by atoms with E-state index in [1.165, 1.54) is 212 Å². The number of esters is 3. The molecule has 16 nitrogen and oxygen atoms in total. The second-order valence-corrected chi connectivity index (χ2v) is 32.6. The smallest absolute Gasteiger partial charge is 0.463 e. The Morgan fingerprint density at radius 3 is 0.789 bits per heavy atom. The van der Waals surface area contributed by atoms with Crippen LogP contribution in [0.3, 0.4) is 0 Å². The summed E-state index contributed by atoms with van der Waals surface area (Å²) >= 11 is 0. The molecule has 0 aromatic carbocycles. The quantitative estimate of drug-likeness (QED) is 0.0146. The lowest BCUT2D eigenvalue weighted by atomic mass is 10.0. The van der Waals surface area contributed by atoms with Crippen molar-refractivity contribution in [2.24, 2.45) is 0 Å². The molecule has 0 fully saturated rings. The molecule has 18 heteroatoms. The summed E-state index contributed by atoms with van der Waals surface area (Å²) in [6, 6.07) is 0. The van der Waals surface area contributed by atoms with E-state index in [4.69, 9.17) is 32.3 Å². The van der Waals surface area contributed by atoms with Crippen LogP contribution in [0.15, 0.2) is 109 Å². The van der Waals surface area contributed by atoms with Gasteiger partial charge in [-0.25, -0.2) is 9.13 Å². The summed E-state index contributed by atoms with van der Waals surface area (Å²) in [5.41, 5.74) is 0. The molecule has 0 bridgehead atoms. The van der Waals surface area contributed by atoms with Crippen LogP contribution in [0.1, 0.15) is 393 Å². The third kappa shape index (κ3) is 84.9. The molecule has 5 atom stereocenters. The Hall–Kier alpha value is -3.79. The molecule has 0 saturated heterocycles. The number of phosphoric acid groups is 2. The van der Waals surface area contributed by atoms with Crippen LogP contribution in [0.25, 0.3) is 0 Å². The van der Waals surface area contributed by atoms with Crippen LogP contribution in [0, 0.1) is 0 Å². The number of ether oxygens (including phenoxy) is 3. The minimum atomic E-state index is -4.93. The van der Waals surface area contributed by atoms with Crippen molar-refractivity contribution in [2.75, 3.05) is 39.6 Å². The Bertz CT molecular complexity index is 2420. The van der Waals surface area contributed by atoms with Gasteiger partial charge in [-0.15, -0.1) is 0 Å². The molecule has 0 aromatic heterocycles. The van der Waals surface area contributed by atoms with E-state index in [0.717, 1.165) is 122 Å². The third-order valence-electron chi connectivity index (χ3n) is 19.0. The zero-order valence-corrected chi connectivity index (χ0v) is 71.3. The Morgan fingerprint density at radius 2 is 0.486 bits per heavy atom. The first-order valence-electron chi connectivity index (χ1n) is 44.2. The van der Waals surface area contributed by atoms with Gasteiger partial charge in [-0.05, 0) is 109 Å². The molecule has 0 radical (unpaired) electrons. The number of carbonyl (C=O) groups is 3. The van der Waals surface area contributed by atoms with E-state index >= 15 is 0 Å². The van der Waals surface area contributed by atoms with Gasteiger partial charge in [0.2, 0.25) is 0 Å². The zero-order chi connectivity index (χ0) is 79.4. The largest absolute Gasteiger partial charge is 0.472 e. The van der Waals surface area contributed by atoms with Gasteiger partial charge in [-0.1, -0.05) is 374 Å². The zero-order valence-electron chi connectivity index (χ0n) is 69.5. The average molecular weight is 1570 g/mol. The van der Waals surface area contributed by atoms with Crippen LogP contribution in [0.5, 0.6) is 0 Å². The number of allylic oxidation sites excluding steroid dienone is 18. The van der Waals surface area contributed by atoms with Gasteiger partial charge in [0.05, 0.1) is 26.4 Å². The van der Waals surface area contributed by atoms with E-state index < -0.39 is 91.5 Å². The van der Waals surface area contributed by atoms with Gasteiger partial charge in [0, 0.05) is 19.3 Å². The minimum Gasteiger partial charge on any atom is -0.463 e. The van der Waals surface area contributed by atoms with E-state index in [2.05, 4.69) is 130 Å². The standard InChI is InChI=1S/C91H162O16P2/c1-4-7-10-13-16-19-22-24-26-28-30-32-34-36-38-40-41-42-43-45-47-48-50-52-54-56-58-60-63-65-68-71-74-77-89(94)101-80-86(92)81-103-108(97,98)104-82-87(93)83-105-109(99,100)106-85-88(107-91(96)79-76-73-70-67-62-21-18-15-12-9-6-3)84-102-90(95)78-75-72-69-66-64-61-59-57-55-53-51-49-46-44-39-37-35-33-31-29-27-25-23-20-17-14-11-8-5-2/h7,10,16-17,19-20,24-27,30-33,36-39,86-88,92-93H,4-6,8-9,11-15,18,21-23,28-29,34-35,40-85H2,1-3H3,(H,97,98)(H,99,100)/b10-7-,19-16-,20-17-,26-24-,27-25-,32-30-,33-31-,38-36-,39-37-. The van der Waals surface area contributed by atoms with Crippen molar-refractivity contribution in [1.29, 1.82) is 0 Å². The molecule has 5 unspecified atom stereocenters. The molecule has 0 saturated carbocycles. The predicted molar refractivity (Wildman–Crippen MR) is 454 cm³/mol. The number of aliphatic hydroxyl groups is 2. The van der Waals surface area contributed by atoms with Gasteiger partial charge in [0.15, 0.2) is 6.10 Å². The maximum absolute atomic E-state index is 13.0. The van der Waals surface area contributed by atoms with Gasteiger partial charge in [0.25, 0.3) is 0 Å². The van der Waals surface area contributed by atoms with Gasteiger partial charge in [-0.2, -0.15) is 0 Å². The lowest BCUT2D eigenvalue weighted by Crippen LogP contribution is -2.30. The Morgan fingerprint density at radius 1 is 0.266 bits per heavy atom. The first kappa shape index (κ1) is 105. The lowest BCUT2D eigenvalue weighted by molar-refractivity contribution is -0.161. The molecule has 0 heterocycles. The molecule has 0 aromatic rings. The van der Waals surface area contributed by atoms with Crippen LogP contribution in [-0.2, 0) is 55.8 Å². The van der Waals surface area contributed by atoms with Crippen molar-refractivity contribution in [1.82, 2.24) is 0 Å². The van der Waals surface area contributed by atoms with Gasteiger partial charge < -0.3 is 34.2 Å². The molecule has 4 N–H and O–H groups in total. The van der Waals surface area contributed by atoms with Gasteiger partial charge in [0.1, 0.15) is 25.4 Å². The molecular formula is C91H162O16P2. The molecule has 0 aliphatic rings. The van der Waals surface area contributed by atoms with Crippen LogP contribution in [0.4, 0.5) is 0 Å². The van der Waals surface area contributed by atoms with E-state index in [1.807, 2.05) is 0 Å². The average Bonchev–Trinajstić information content (AvgIpc) is 0.836. The second kappa shape index (κ2) is 83.6. The lowest BCUT2D eigenvalue weighted by Gasteiger charge is -2.21. The number of hydrogen-bond donors (Lipinski definition) is 4. The molecule has 0 amide bonds. The molecule has 632 valence electrons. The molecule has 0 aliphatic carbocycles. The van der Waals surface area contributed by atoms with Crippen LogP contribution in [0.2, 0.25) is 0 Å². The number of aliphatic hydroxyl groups excluding tert-OH is 2. The number of rotatable bonds is 84. The highest BCUT2D eigenvalue weighted by atomic mass is 31.2. The van der Waals surface area contributed by atoms with Crippen LogP contribution in [-0.4, -0.2) is 95.9 Å². The minimum absolute atomic E-state index is 0.109. The number of carbonyl (C=O) groups excluding carboxylic acids is 3. The number of phosphoric ester groups is 2. The number of unbranched alkanes of at least 4 members (excludes halogenated alkanes) is 43. The monoisotopic (exact) mass is 1570 g/mol. The van der Waals surface area contributed by atoms with Crippen molar-refractivity contribution >= 4 is 33.6 Å². The number of hydrogen-bond acceptors (Lipinski definition) is 14. The predicted octanol–water partition coefficient (Wildman–Crippen LogP) is 26.7. The van der Waals surface area contributed by atoms with Crippen molar-refractivity contribution in [3.8, 4) is 0 Å². The van der Waals surface area contributed by atoms with Crippen LogP contribution >= 0.6 is 15.6 Å². The fraction of sp³-hybridized carbons (Fsp3) is 0.769. The third-order valence-corrected chi connectivity index (χ3v) is 20.9. The van der Waals surface area contributed by atoms with Crippen molar-refractivity contribution < 1.29 is 75.8 Å². The maximum Gasteiger partial charge on any atom is 0.472 e. The molecule has 109 heavy (non-hydrogen) atoms.